The van der Waals surface area contributed by atoms with Crippen molar-refractivity contribution < 1.29 is 0 Å². The smallest absolute Gasteiger partial charge is 0.0194 e. The zero-order valence-electron chi connectivity index (χ0n) is 6.48. The lowest BCUT2D eigenvalue weighted by Gasteiger charge is -2.18. The lowest BCUT2D eigenvalue weighted by Crippen LogP contribution is -2.13. The molecule has 0 heterocycles. The standard InChI is InChI=1S/C11H12/c1-2-5-3-4(1)6-7(5)9-10-8(6)11(9)10/h1-2,4-11H,3H2/t4-,5+,6-,7+,8?,9?,10?,11?. The largest absolute Gasteiger partial charge is 0.0848 e. The van der Waals surface area contributed by atoms with Gasteiger partial charge in [-0.3, -0.25) is 0 Å². The lowest BCUT2D eigenvalue weighted by molar-refractivity contribution is 0.355. The van der Waals surface area contributed by atoms with Crippen LogP contribution in [0.1, 0.15) is 6.42 Å². The fraction of sp³-hybridized carbons (Fsp3) is 0.818. The molecule has 0 nitrogen and oxygen atoms in total. The normalized spacial score (nSPS) is 83.6. The van der Waals surface area contributed by atoms with Gasteiger partial charge in [0, 0.05) is 0 Å². The van der Waals surface area contributed by atoms with E-state index in [1.54, 1.807) is 6.42 Å². The van der Waals surface area contributed by atoms with Crippen LogP contribution in [-0.4, -0.2) is 0 Å². The second-order valence-electron chi connectivity index (χ2n) is 5.41. The molecule has 0 aromatic rings. The molecule has 2 unspecified atom stereocenters. The maximum Gasteiger partial charge on any atom is -0.0194 e. The van der Waals surface area contributed by atoms with Crippen LogP contribution in [-0.2, 0) is 0 Å². The van der Waals surface area contributed by atoms with E-state index in [4.69, 9.17) is 0 Å². The van der Waals surface area contributed by atoms with Gasteiger partial charge in [-0.25, -0.2) is 0 Å². The Hall–Kier alpha value is -0.260. The first-order chi connectivity index (χ1) is 5.47. The molecule has 0 spiro atoms. The van der Waals surface area contributed by atoms with Crippen LogP contribution in [0.25, 0.3) is 0 Å². The Labute approximate surface area is 66.7 Å². The number of hydrogen-bond donors (Lipinski definition) is 0. The van der Waals surface area contributed by atoms with Crippen LogP contribution in [0.2, 0.25) is 0 Å². The molecule has 5 saturated carbocycles. The summed E-state index contributed by atoms with van der Waals surface area (Å²) in [6, 6.07) is 0. The van der Waals surface area contributed by atoms with Crippen LogP contribution in [0.5, 0.6) is 0 Å². The molecular weight excluding hydrogens is 132 g/mol. The Kier molecular flexibility index (Phi) is 0.444. The highest BCUT2D eigenvalue weighted by Crippen LogP contribution is 2.90. The van der Waals surface area contributed by atoms with Gasteiger partial charge in [-0.05, 0) is 53.8 Å². The molecule has 5 fully saturated rings. The zero-order valence-corrected chi connectivity index (χ0v) is 6.48. The van der Waals surface area contributed by atoms with Crippen molar-refractivity contribution in [1.82, 2.24) is 0 Å². The third-order valence-electron chi connectivity index (χ3n) is 5.41. The van der Waals surface area contributed by atoms with Crippen molar-refractivity contribution in [3.63, 3.8) is 0 Å². The van der Waals surface area contributed by atoms with Gasteiger partial charge >= 0.3 is 0 Å². The highest BCUT2D eigenvalue weighted by molar-refractivity contribution is 5.36. The van der Waals surface area contributed by atoms with E-state index in [0.29, 0.717) is 0 Å². The third kappa shape index (κ3) is 0.292. The van der Waals surface area contributed by atoms with Gasteiger partial charge in [0.15, 0.2) is 0 Å². The van der Waals surface area contributed by atoms with Crippen LogP contribution in [0.15, 0.2) is 12.2 Å². The number of hydrogen-bond acceptors (Lipinski definition) is 0. The Balaban J connectivity index is 1.77. The molecule has 0 saturated heterocycles. The van der Waals surface area contributed by atoms with Crippen LogP contribution in [0.3, 0.4) is 0 Å². The van der Waals surface area contributed by atoms with E-state index in [9.17, 15) is 0 Å². The fourth-order valence-corrected chi connectivity index (χ4v) is 5.15. The van der Waals surface area contributed by atoms with Crippen LogP contribution in [0.4, 0.5) is 0 Å². The Morgan fingerprint density at radius 3 is 1.64 bits per heavy atom. The Morgan fingerprint density at radius 2 is 1.09 bits per heavy atom. The summed E-state index contributed by atoms with van der Waals surface area (Å²) in [7, 11) is 0. The van der Waals surface area contributed by atoms with Gasteiger partial charge in [0.25, 0.3) is 0 Å². The van der Waals surface area contributed by atoms with Crippen molar-refractivity contribution in [1.29, 1.82) is 0 Å². The highest BCUT2D eigenvalue weighted by Gasteiger charge is 2.86. The molecule has 11 heavy (non-hydrogen) atoms. The minimum Gasteiger partial charge on any atom is -0.0848 e. The topological polar surface area (TPSA) is 0 Å². The maximum absolute atomic E-state index is 2.53. The first-order valence-electron chi connectivity index (χ1n) is 5.15. The molecule has 0 aromatic carbocycles. The SMILES string of the molecule is C1=C[C@H]2C[C@@H]1[C@H]1C3C4C3C4[C@H]12. The van der Waals surface area contributed by atoms with Gasteiger partial charge in [0.05, 0.1) is 0 Å². The molecule has 0 aliphatic heterocycles. The summed E-state index contributed by atoms with van der Waals surface area (Å²) in [5, 5.41) is 0. The monoisotopic (exact) mass is 144 g/mol. The van der Waals surface area contributed by atoms with Crippen LogP contribution in [0, 0.1) is 47.3 Å². The average molecular weight is 144 g/mol. The van der Waals surface area contributed by atoms with Gasteiger partial charge in [0.1, 0.15) is 0 Å². The minimum absolute atomic E-state index is 1.05. The van der Waals surface area contributed by atoms with Crippen LogP contribution < -0.4 is 0 Å². The summed E-state index contributed by atoms with van der Waals surface area (Å²) < 4.78 is 0. The fourth-order valence-electron chi connectivity index (χ4n) is 5.15. The molecule has 6 aliphatic rings. The zero-order chi connectivity index (χ0) is 6.74. The summed E-state index contributed by atoms with van der Waals surface area (Å²) >= 11 is 0. The van der Waals surface area contributed by atoms with Crippen molar-refractivity contribution in [2.24, 2.45) is 47.3 Å². The number of fused-ring (bicyclic) bond motifs is 2. The van der Waals surface area contributed by atoms with Gasteiger partial charge < -0.3 is 0 Å². The summed E-state index contributed by atoms with van der Waals surface area (Å²) in [6.45, 7) is 0. The van der Waals surface area contributed by atoms with E-state index in [-0.39, 0.29) is 0 Å². The minimum atomic E-state index is 1.05. The first kappa shape index (κ1) is 4.69. The Bertz CT molecular complexity index is 254. The maximum atomic E-state index is 2.53. The molecule has 6 aliphatic carbocycles. The molecule has 0 N–H and O–H groups in total. The summed E-state index contributed by atoms with van der Waals surface area (Å²) in [6.07, 6.45) is 6.61. The summed E-state index contributed by atoms with van der Waals surface area (Å²) in [5.41, 5.74) is 0. The lowest BCUT2D eigenvalue weighted by atomic mass is 9.86. The van der Waals surface area contributed by atoms with Crippen molar-refractivity contribution >= 4 is 0 Å². The van der Waals surface area contributed by atoms with Crippen molar-refractivity contribution in [3.05, 3.63) is 12.2 Å². The molecule has 6 rings (SSSR count). The predicted octanol–water partition coefficient (Wildman–Crippen LogP) is 1.93. The number of allylic oxidation sites excluding steroid dienone is 2. The third-order valence-corrected chi connectivity index (χ3v) is 5.41. The molecule has 4 bridgehead atoms. The number of rotatable bonds is 0. The van der Waals surface area contributed by atoms with Crippen molar-refractivity contribution in [2.45, 2.75) is 6.42 Å². The molecule has 56 valence electrons. The summed E-state index contributed by atoms with van der Waals surface area (Å²) in [4.78, 5) is 0. The predicted molar refractivity (Wildman–Crippen MR) is 41.7 cm³/mol. The highest BCUT2D eigenvalue weighted by atomic mass is 14.9. The second kappa shape index (κ2) is 1.04. The van der Waals surface area contributed by atoms with Gasteiger partial charge in [-0.2, -0.15) is 0 Å². The van der Waals surface area contributed by atoms with E-state index < -0.39 is 0 Å². The molecule has 0 aromatic heterocycles. The van der Waals surface area contributed by atoms with Crippen molar-refractivity contribution in [3.8, 4) is 0 Å². The van der Waals surface area contributed by atoms with Gasteiger partial charge in [0.2, 0.25) is 0 Å². The molecule has 0 radical (unpaired) electrons. The molecule has 0 heteroatoms. The van der Waals surface area contributed by atoms with E-state index in [1.165, 1.54) is 35.5 Å². The van der Waals surface area contributed by atoms with Gasteiger partial charge in [-0.1, -0.05) is 12.2 Å². The molecular formula is C11H12. The average Bonchev–Trinajstić information content (AvgIpc) is 2.69. The quantitative estimate of drug-likeness (QED) is 0.456. The van der Waals surface area contributed by atoms with E-state index in [2.05, 4.69) is 12.2 Å². The molecule has 6 atom stereocenters. The van der Waals surface area contributed by atoms with Crippen LogP contribution >= 0.6 is 0 Å². The summed E-state index contributed by atoms with van der Waals surface area (Å²) in [5.74, 6) is 9.56. The van der Waals surface area contributed by atoms with E-state index in [1.807, 2.05) is 0 Å². The van der Waals surface area contributed by atoms with E-state index in [0.717, 1.165) is 11.8 Å². The van der Waals surface area contributed by atoms with Crippen molar-refractivity contribution in [2.75, 3.05) is 0 Å². The van der Waals surface area contributed by atoms with Gasteiger partial charge in [-0.15, -0.1) is 0 Å². The second-order valence-corrected chi connectivity index (χ2v) is 5.41. The Morgan fingerprint density at radius 1 is 0.636 bits per heavy atom. The molecule has 0 amide bonds. The van der Waals surface area contributed by atoms with E-state index >= 15 is 0 Å². The first-order valence-corrected chi connectivity index (χ1v) is 5.15.